The Hall–Kier alpha value is -2.56. The first-order valence-electron chi connectivity index (χ1n) is 5.70. The molecule has 2 aromatic carbocycles. The standard InChI is InChI=1S/C14H13NO4/c1-18-14-9-12(7-8-13(14)15(16)17)19-10-11-5-3-2-4-6-11/h2-9H,10H2,1H3. The zero-order chi connectivity index (χ0) is 13.7. The van der Waals surface area contributed by atoms with Crippen molar-refractivity contribution in [3.63, 3.8) is 0 Å². The molecule has 0 aliphatic rings. The lowest BCUT2D eigenvalue weighted by molar-refractivity contribution is -0.385. The van der Waals surface area contributed by atoms with Crippen LogP contribution in [0.1, 0.15) is 5.56 Å². The Balaban J connectivity index is 2.11. The van der Waals surface area contributed by atoms with Crippen molar-refractivity contribution in [3.05, 3.63) is 64.2 Å². The van der Waals surface area contributed by atoms with Crippen LogP contribution in [0.15, 0.2) is 48.5 Å². The number of benzene rings is 2. The third-order valence-electron chi connectivity index (χ3n) is 2.60. The summed E-state index contributed by atoms with van der Waals surface area (Å²) in [7, 11) is 1.39. The molecular weight excluding hydrogens is 246 g/mol. The molecule has 2 aromatic rings. The molecule has 0 aliphatic carbocycles. The Morgan fingerprint density at radius 1 is 1.16 bits per heavy atom. The van der Waals surface area contributed by atoms with Crippen molar-refractivity contribution in [3.8, 4) is 11.5 Å². The molecule has 98 valence electrons. The molecule has 0 saturated heterocycles. The van der Waals surface area contributed by atoms with Crippen molar-refractivity contribution in [2.45, 2.75) is 6.61 Å². The quantitative estimate of drug-likeness (QED) is 0.611. The van der Waals surface area contributed by atoms with E-state index in [1.165, 1.54) is 19.2 Å². The number of hydrogen-bond acceptors (Lipinski definition) is 4. The molecule has 0 aromatic heterocycles. The van der Waals surface area contributed by atoms with Crippen molar-refractivity contribution in [2.24, 2.45) is 0 Å². The number of rotatable bonds is 5. The first-order chi connectivity index (χ1) is 9.20. The zero-order valence-corrected chi connectivity index (χ0v) is 10.4. The van der Waals surface area contributed by atoms with Gasteiger partial charge in [0.1, 0.15) is 12.4 Å². The van der Waals surface area contributed by atoms with E-state index in [-0.39, 0.29) is 11.4 Å². The average molecular weight is 259 g/mol. The zero-order valence-electron chi connectivity index (χ0n) is 10.4. The van der Waals surface area contributed by atoms with Gasteiger partial charge in [0, 0.05) is 12.1 Å². The third-order valence-corrected chi connectivity index (χ3v) is 2.60. The first-order valence-corrected chi connectivity index (χ1v) is 5.70. The largest absolute Gasteiger partial charge is 0.490 e. The molecule has 0 unspecified atom stereocenters. The first kappa shape index (κ1) is 12.9. The minimum absolute atomic E-state index is 0.0745. The number of nitro groups is 1. The van der Waals surface area contributed by atoms with Crippen LogP contribution in [-0.2, 0) is 6.61 Å². The highest BCUT2D eigenvalue weighted by Gasteiger charge is 2.15. The highest BCUT2D eigenvalue weighted by Crippen LogP contribution is 2.31. The highest BCUT2D eigenvalue weighted by atomic mass is 16.6. The van der Waals surface area contributed by atoms with Gasteiger partial charge in [0.15, 0.2) is 0 Å². The Morgan fingerprint density at radius 2 is 1.89 bits per heavy atom. The summed E-state index contributed by atoms with van der Waals surface area (Å²) < 4.78 is 10.5. The van der Waals surface area contributed by atoms with Crippen LogP contribution in [0.2, 0.25) is 0 Å². The minimum Gasteiger partial charge on any atom is -0.490 e. The molecule has 0 fully saturated rings. The van der Waals surface area contributed by atoms with Crippen molar-refractivity contribution in [1.82, 2.24) is 0 Å². The molecule has 0 radical (unpaired) electrons. The van der Waals surface area contributed by atoms with E-state index in [4.69, 9.17) is 9.47 Å². The fourth-order valence-corrected chi connectivity index (χ4v) is 1.64. The molecule has 0 saturated carbocycles. The van der Waals surface area contributed by atoms with Crippen LogP contribution in [0, 0.1) is 10.1 Å². The average Bonchev–Trinajstić information content (AvgIpc) is 2.45. The van der Waals surface area contributed by atoms with Crippen LogP contribution in [0.5, 0.6) is 11.5 Å². The molecular formula is C14H13NO4. The van der Waals surface area contributed by atoms with E-state index in [1.54, 1.807) is 6.07 Å². The maximum Gasteiger partial charge on any atom is 0.311 e. The summed E-state index contributed by atoms with van der Waals surface area (Å²) in [6, 6.07) is 14.1. The van der Waals surface area contributed by atoms with E-state index in [1.807, 2.05) is 30.3 Å². The van der Waals surface area contributed by atoms with Crippen LogP contribution in [0.25, 0.3) is 0 Å². The van der Waals surface area contributed by atoms with Gasteiger partial charge in [0.25, 0.3) is 0 Å². The van der Waals surface area contributed by atoms with Crippen LogP contribution >= 0.6 is 0 Å². The number of hydrogen-bond donors (Lipinski definition) is 0. The lowest BCUT2D eigenvalue weighted by atomic mass is 10.2. The normalized spacial score (nSPS) is 9.95. The summed E-state index contributed by atoms with van der Waals surface area (Å²) in [6.45, 7) is 0.405. The maximum absolute atomic E-state index is 10.8. The maximum atomic E-state index is 10.8. The summed E-state index contributed by atoms with van der Waals surface area (Å²) in [5, 5.41) is 10.8. The van der Waals surface area contributed by atoms with Gasteiger partial charge in [-0.05, 0) is 11.6 Å². The van der Waals surface area contributed by atoms with E-state index in [2.05, 4.69) is 0 Å². The highest BCUT2D eigenvalue weighted by molar-refractivity contribution is 5.50. The fraction of sp³-hybridized carbons (Fsp3) is 0.143. The molecule has 0 heterocycles. The number of methoxy groups -OCH3 is 1. The number of nitro benzene ring substituents is 1. The molecule has 0 spiro atoms. The van der Waals surface area contributed by atoms with Crippen LogP contribution in [0.3, 0.4) is 0 Å². The third kappa shape index (κ3) is 3.22. The second-order valence-corrected chi connectivity index (χ2v) is 3.87. The molecule has 0 aliphatic heterocycles. The van der Waals surface area contributed by atoms with Crippen molar-refractivity contribution < 1.29 is 14.4 Å². The van der Waals surface area contributed by atoms with E-state index in [0.717, 1.165) is 5.56 Å². The molecule has 0 amide bonds. The van der Waals surface area contributed by atoms with Crippen molar-refractivity contribution in [2.75, 3.05) is 7.11 Å². The van der Waals surface area contributed by atoms with Crippen molar-refractivity contribution >= 4 is 5.69 Å². The summed E-state index contributed by atoms with van der Waals surface area (Å²) >= 11 is 0. The summed E-state index contributed by atoms with van der Waals surface area (Å²) in [4.78, 5) is 10.3. The molecule has 0 bridgehead atoms. The molecule has 2 rings (SSSR count). The SMILES string of the molecule is COc1cc(OCc2ccccc2)ccc1[N+](=O)[O-]. The minimum atomic E-state index is -0.486. The van der Waals surface area contributed by atoms with Gasteiger partial charge in [-0.3, -0.25) is 10.1 Å². The molecule has 5 heteroatoms. The van der Waals surface area contributed by atoms with Gasteiger partial charge in [-0.15, -0.1) is 0 Å². The predicted octanol–water partition coefficient (Wildman–Crippen LogP) is 3.18. The Kier molecular flexibility index (Phi) is 3.97. The Bertz CT molecular complexity index is 569. The summed E-state index contributed by atoms with van der Waals surface area (Å²) in [5.74, 6) is 0.724. The predicted molar refractivity (Wildman–Crippen MR) is 70.4 cm³/mol. The lowest BCUT2D eigenvalue weighted by Crippen LogP contribution is -1.97. The summed E-state index contributed by atoms with van der Waals surface area (Å²) in [5.41, 5.74) is 0.953. The molecule has 0 atom stereocenters. The summed E-state index contributed by atoms with van der Waals surface area (Å²) in [6.07, 6.45) is 0. The molecule has 5 nitrogen and oxygen atoms in total. The van der Waals surface area contributed by atoms with Gasteiger partial charge >= 0.3 is 5.69 Å². The van der Waals surface area contributed by atoms with Crippen LogP contribution in [0.4, 0.5) is 5.69 Å². The van der Waals surface area contributed by atoms with Gasteiger partial charge in [-0.1, -0.05) is 30.3 Å². The van der Waals surface area contributed by atoms with Gasteiger partial charge < -0.3 is 9.47 Å². The lowest BCUT2D eigenvalue weighted by Gasteiger charge is -2.08. The van der Waals surface area contributed by atoms with E-state index in [0.29, 0.717) is 12.4 Å². The van der Waals surface area contributed by atoms with E-state index >= 15 is 0 Å². The monoisotopic (exact) mass is 259 g/mol. The fourth-order valence-electron chi connectivity index (χ4n) is 1.64. The Morgan fingerprint density at radius 3 is 2.53 bits per heavy atom. The van der Waals surface area contributed by atoms with Gasteiger partial charge in [0.2, 0.25) is 5.75 Å². The second-order valence-electron chi connectivity index (χ2n) is 3.87. The molecule has 0 N–H and O–H groups in total. The van der Waals surface area contributed by atoms with Gasteiger partial charge in [0.05, 0.1) is 12.0 Å². The van der Waals surface area contributed by atoms with E-state index < -0.39 is 4.92 Å². The van der Waals surface area contributed by atoms with Crippen LogP contribution < -0.4 is 9.47 Å². The van der Waals surface area contributed by atoms with Crippen molar-refractivity contribution in [1.29, 1.82) is 0 Å². The second kappa shape index (κ2) is 5.86. The van der Waals surface area contributed by atoms with Crippen LogP contribution in [-0.4, -0.2) is 12.0 Å². The van der Waals surface area contributed by atoms with Gasteiger partial charge in [-0.2, -0.15) is 0 Å². The number of nitrogens with zero attached hydrogens (tertiary/aromatic N) is 1. The topological polar surface area (TPSA) is 61.6 Å². The molecule has 19 heavy (non-hydrogen) atoms. The number of ether oxygens (including phenoxy) is 2. The smallest absolute Gasteiger partial charge is 0.311 e. The van der Waals surface area contributed by atoms with E-state index in [9.17, 15) is 10.1 Å². The van der Waals surface area contributed by atoms with Gasteiger partial charge in [-0.25, -0.2) is 0 Å². The Labute approximate surface area is 110 Å².